The normalized spacial score (nSPS) is 14.9. The number of hydrogen-bond acceptors (Lipinski definition) is 7. The third-order valence-electron chi connectivity index (χ3n) is 8.25. The molecule has 0 atom stereocenters. The maximum absolute atomic E-state index is 13.9. The molecule has 1 aliphatic carbocycles. The summed E-state index contributed by atoms with van der Waals surface area (Å²) in [6.45, 7) is 11.0. The van der Waals surface area contributed by atoms with Crippen LogP contribution in [0.1, 0.15) is 43.2 Å². The average molecular weight is 602 g/mol. The molecule has 6 rings (SSSR count). The Morgan fingerprint density at radius 3 is 2.47 bits per heavy atom. The summed E-state index contributed by atoms with van der Waals surface area (Å²) in [5, 5.41) is 4.07. The second-order valence-electron chi connectivity index (χ2n) is 12.6. The van der Waals surface area contributed by atoms with Gasteiger partial charge in [-0.1, -0.05) is 36.4 Å². The van der Waals surface area contributed by atoms with Crippen molar-refractivity contribution in [1.82, 2.24) is 20.2 Å². The third kappa shape index (κ3) is 6.90. The summed E-state index contributed by atoms with van der Waals surface area (Å²) in [6, 6.07) is 18.2. The average Bonchev–Trinajstić information content (AvgIpc) is 3.31. The zero-order valence-electron chi connectivity index (χ0n) is 26.3. The Bertz CT molecular complexity index is 1850. The summed E-state index contributed by atoms with van der Waals surface area (Å²) < 4.78 is 5.53. The monoisotopic (exact) mass is 601 g/mol. The lowest BCUT2D eigenvalue weighted by Gasteiger charge is -2.36. The maximum atomic E-state index is 13.9. The van der Waals surface area contributed by atoms with Crippen molar-refractivity contribution < 1.29 is 9.53 Å². The van der Waals surface area contributed by atoms with Gasteiger partial charge in [0.05, 0.1) is 17.8 Å². The van der Waals surface area contributed by atoms with E-state index in [0.717, 1.165) is 58.0 Å². The van der Waals surface area contributed by atoms with Crippen LogP contribution < -0.4 is 15.6 Å². The molecule has 0 spiro atoms. The molecular formula is C37H39N5O3. The highest BCUT2D eigenvalue weighted by molar-refractivity contribution is 5.85. The summed E-state index contributed by atoms with van der Waals surface area (Å²) >= 11 is 0. The van der Waals surface area contributed by atoms with Crippen molar-refractivity contribution in [1.29, 1.82) is 0 Å². The van der Waals surface area contributed by atoms with Gasteiger partial charge in [-0.05, 0) is 87.2 Å². The fourth-order valence-electron chi connectivity index (χ4n) is 5.70. The molecule has 1 aliphatic heterocycles. The fraction of sp³-hybridized carbons (Fsp3) is 0.297. The Kier molecular flexibility index (Phi) is 8.39. The SMILES string of the molecule is Cc1cccnc1CNC1=CCc2c(ccc3ncc(-c4ccc(N5CCN(C(=O)OC(C)(C)C)CC5)cc4)cc3c2=O)C=C1. The van der Waals surface area contributed by atoms with Gasteiger partial charge in [0, 0.05) is 66.5 Å². The van der Waals surface area contributed by atoms with E-state index in [9.17, 15) is 9.59 Å². The molecule has 0 bridgehead atoms. The molecule has 2 aromatic carbocycles. The Morgan fingerprint density at radius 2 is 1.73 bits per heavy atom. The van der Waals surface area contributed by atoms with E-state index in [0.29, 0.717) is 37.0 Å². The van der Waals surface area contributed by atoms with Crippen LogP contribution in [-0.2, 0) is 17.7 Å². The molecule has 3 heterocycles. The molecule has 8 heteroatoms. The van der Waals surface area contributed by atoms with Crippen molar-refractivity contribution in [2.75, 3.05) is 31.1 Å². The number of ether oxygens (including phenoxy) is 1. The smallest absolute Gasteiger partial charge is 0.410 e. The number of allylic oxidation sites excluding steroid dienone is 2. The van der Waals surface area contributed by atoms with Crippen LogP contribution in [0.3, 0.4) is 0 Å². The van der Waals surface area contributed by atoms with Gasteiger partial charge in [-0.15, -0.1) is 0 Å². The first kappa shape index (κ1) is 30.1. The number of pyridine rings is 2. The molecule has 1 amide bonds. The molecule has 0 radical (unpaired) electrons. The number of hydrogen-bond donors (Lipinski definition) is 1. The van der Waals surface area contributed by atoms with Crippen molar-refractivity contribution in [3.8, 4) is 11.1 Å². The van der Waals surface area contributed by atoms with Crippen LogP contribution in [0.2, 0.25) is 0 Å². The molecule has 1 saturated heterocycles. The lowest BCUT2D eigenvalue weighted by atomic mass is 10.0. The number of amides is 1. The van der Waals surface area contributed by atoms with Crippen molar-refractivity contribution in [2.45, 2.75) is 46.3 Å². The number of anilines is 1. The molecule has 1 fully saturated rings. The zero-order chi connectivity index (χ0) is 31.6. The number of nitrogens with zero attached hydrogens (tertiary/aromatic N) is 4. The number of fused-ring (bicyclic) bond motifs is 2. The molecule has 2 aliphatic rings. The Hall–Kier alpha value is -4.98. The van der Waals surface area contributed by atoms with Crippen molar-refractivity contribution in [3.63, 3.8) is 0 Å². The summed E-state index contributed by atoms with van der Waals surface area (Å²) in [7, 11) is 0. The maximum Gasteiger partial charge on any atom is 0.410 e. The quantitative estimate of drug-likeness (QED) is 0.289. The van der Waals surface area contributed by atoms with E-state index >= 15 is 0 Å². The minimum Gasteiger partial charge on any atom is -0.444 e. The van der Waals surface area contributed by atoms with Gasteiger partial charge in [-0.3, -0.25) is 14.8 Å². The number of piperazine rings is 1. The van der Waals surface area contributed by atoms with Gasteiger partial charge >= 0.3 is 6.09 Å². The van der Waals surface area contributed by atoms with Crippen molar-refractivity contribution >= 4 is 28.8 Å². The van der Waals surface area contributed by atoms with Gasteiger partial charge in [0.2, 0.25) is 0 Å². The van der Waals surface area contributed by atoms with E-state index in [1.165, 1.54) is 0 Å². The first-order chi connectivity index (χ1) is 21.6. The minimum atomic E-state index is -0.500. The van der Waals surface area contributed by atoms with E-state index in [1.54, 1.807) is 11.1 Å². The van der Waals surface area contributed by atoms with Crippen LogP contribution in [0, 0.1) is 6.92 Å². The molecule has 230 valence electrons. The number of benzene rings is 1. The van der Waals surface area contributed by atoms with Crippen LogP contribution in [0.5, 0.6) is 0 Å². The van der Waals surface area contributed by atoms with Gasteiger partial charge in [0.1, 0.15) is 5.60 Å². The van der Waals surface area contributed by atoms with Gasteiger partial charge in [0.25, 0.3) is 0 Å². The topological polar surface area (TPSA) is 87.7 Å². The second kappa shape index (κ2) is 12.6. The number of carbonyl (C=O) groups is 1. The second-order valence-corrected chi connectivity index (χ2v) is 12.6. The molecule has 1 N–H and O–H groups in total. The Balaban J connectivity index is 1.17. The Morgan fingerprint density at radius 1 is 0.956 bits per heavy atom. The van der Waals surface area contributed by atoms with Gasteiger partial charge in [-0.2, -0.15) is 0 Å². The highest BCUT2D eigenvalue weighted by Gasteiger charge is 2.26. The predicted octanol–water partition coefficient (Wildman–Crippen LogP) is 6.27. The van der Waals surface area contributed by atoms with Crippen molar-refractivity contribution in [2.24, 2.45) is 0 Å². The van der Waals surface area contributed by atoms with Crippen LogP contribution in [-0.4, -0.2) is 52.7 Å². The molecular weight excluding hydrogens is 562 g/mol. The number of aryl methyl sites for hydroxylation is 1. The lowest BCUT2D eigenvalue weighted by molar-refractivity contribution is 0.0240. The lowest BCUT2D eigenvalue weighted by Crippen LogP contribution is -2.50. The van der Waals surface area contributed by atoms with Crippen LogP contribution >= 0.6 is 0 Å². The van der Waals surface area contributed by atoms with Crippen LogP contribution in [0.25, 0.3) is 28.1 Å². The van der Waals surface area contributed by atoms with E-state index in [4.69, 9.17) is 4.74 Å². The number of carbonyl (C=O) groups excluding carboxylic acids is 1. The van der Waals surface area contributed by atoms with E-state index in [2.05, 4.69) is 63.5 Å². The predicted molar refractivity (Wildman–Crippen MR) is 180 cm³/mol. The van der Waals surface area contributed by atoms with Gasteiger partial charge < -0.3 is 19.9 Å². The summed E-state index contributed by atoms with van der Waals surface area (Å²) in [5.74, 6) is 0. The summed E-state index contributed by atoms with van der Waals surface area (Å²) in [5.41, 5.74) is 7.93. The first-order valence-electron chi connectivity index (χ1n) is 15.5. The highest BCUT2D eigenvalue weighted by Crippen LogP contribution is 2.26. The van der Waals surface area contributed by atoms with Crippen molar-refractivity contribution in [3.05, 3.63) is 117 Å². The van der Waals surface area contributed by atoms with Crippen LogP contribution in [0.4, 0.5) is 10.5 Å². The van der Waals surface area contributed by atoms with Crippen LogP contribution in [0.15, 0.2) is 89.6 Å². The van der Waals surface area contributed by atoms with E-state index < -0.39 is 5.60 Å². The van der Waals surface area contributed by atoms with E-state index in [1.807, 2.05) is 63.4 Å². The summed E-state index contributed by atoms with van der Waals surface area (Å²) in [6.07, 6.45) is 9.99. The molecule has 4 aromatic rings. The van der Waals surface area contributed by atoms with E-state index in [-0.39, 0.29) is 11.5 Å². The third-order valence-corrected chi connectivity index (χ3v) is 8.25. The number of rotatable bonds is 5. The Labute approximate surface area is 264 Å². The number of nitrogens with one attached hydrogen (secondary N) is 1. The summed E-state index contributed by atoms with van der Waals surface area (Å²) in [4.78, 5) is 39.5. The molecule has 45 heavy (non-hydrogen) atoms. The minimum absolute atomic E-state index is 0.00143. The zero-order valence-corrected chi connectivity index (χ0v) is 26.3. The first-order valence-corrected chi connectivity index (χ1v) is 15.5. The molecule has 0 saturated carbocycles. The molecule has 2 aromatic heterocycles. The fourth-order valence-corrected chi connectivity index (χ4v) is 5.70. The molecule has 8 nitrogen and oxygen atoms in total. The van der Waals surface area contributed by atoms with Gasteiger partial charge in [0.15, 0.2) is 5.43 Å². The standard InChI is InChI=1S/C37H39N5O3/c1-25-6-5-17-38-34(25)24-39-29-11-7-27-10-16-33-32(35(43)31(27)15-12-29)22-28(23-40-33)26-8-13-30(14-9-26)41-18-20-42(21-19-41)36(44)45-37(2,3)4/h5-14,16-17,22-23,39H,15,18-21,24H2,1-4H3. The molecule has 0 unspecified atom stereocenters. The number of aromatic nitrogens is 2. The highest BCUT2D eigenvalue weighted by atomic mass is 16.6. The van der Waals surface area contributed by atoms with Gasteiger partial charge in [-0.25, -0.2) is 4.79 Å². The largest absolute Gasteiger partial charge is 0.444 e.